The van der Waals surface area contributed by atoms with Crippen LogP contribution in [0.3, 0.4) is 0 Å². The number of carbonyl (C=O) groups excluding carboxylic acids is 1. The number of carboxylic acids is 2. The Morgan fingerprint density at radius 2 is 1.91 bits per heavy atom. The van der Waals surface area contributed by atoms with E-state index in [1.54, 1.807) is 25.3 Å². The number of benzene rings is 1. The topological polar surface area (TPSA) is 165 Å². The summed E-state index contributed by atoms with van der Waals surface area (Å²) in [5.41, 5.74) is 1.01. The van der Waals surface area contributed by atoms with E-state index in [1.165, 1.54) is 35.6 Å². The quantitative estimate of drug-likeness (QED) is 0.271. The molecular formula is C23H20N4O6S. The van der Waals surface area contributed by atoms with Gasteiger partial charge in [0.25, 0.3) is 11.5 Å². The molecule has 0 aliphatic rings. The summed E-state index contributed by atoms with van der Waals surface area (Å²) >= 11 is 1.18. The molecule has 34 heavy (non-hydrogen) atoms. The van der Waals surface area contributed by atoms with Gasteiger partial charge in [0.05, 0.1) is 15.8 Å². The van der Waals surface area contributed by atoms with E-state index in [1.807, 2.05) is 6.92 Å². The Labute approximate surface area is 196 Å². The highest BCUT2D eigenvalue weighted by molar-refractivity contribution is 7.14. The van der Waals surface area contributed by atoms with Gasteiger partial charge in [-0.1, -0.05) is 19.1 Å². The predicted molar refractivity (Wildman–Crippen MR) is 125 cm³/mol. The first-order valence-electron chi connectivity index (χ1n) is 10.2. The first-order chi connectivity index (χ1) is 16.2. The molecule has 10 nitrogen and oxygen atoms in total. The molecule has 0 saturated heterocycles. The predicted octanol–water partition coefficient (Wildman–Crippen LogP) is 3.03. The van der Waals surface area contributed by atoms with Crippen LogP contribution >= 0.6 is 11.3 Å². The Morgan fingerprint density at radius 1 is 1.15 bits per heavy atom. The lowest BCUT2D eigenvalue weighted by Crippen LogP contribution is -2.33. The Kier molecular flexibility index (Phi) is 6.03. The van der Waals surface area contributed by atoms with Crippen LogP contribution in [0.1, 0.15) is 60.7 Å². The van der Waals surface area contributed by atoms with Gasteiger partial charge < -0.3 is 25.5 Å². The molecule has 0 bridgehead atoms. The van der Waals surface area contributed by atoms with E-state index in [-0.39, 0.29) is 27.5 Å². The summed E-state index contributed by atoms with van der Waals surface area (Å²) in [6, 6.07) is 7.33. The van der Waals surface area contributed by atoms with Gasteiger partial charge >= 0.3 is 11.9 Å². The van der Waals surface area contributed by atoms with Crippen LogP contribution in [0.4, 0.5) is 0 Å². The minimum absolute atomic E-state index is 0.0800. The maximum Gasteiger partial charge on any atom is 0.335 e. The Bertz CT molecular complexity index is 1480. The van der Waals surface area contributed by atoms with E-state index in [2.05, 4.69) is 20.3 Å². The van der Waals surface area contributed by atoms with E-state index in [0.717, 1.165) is 10.4 Å². The van der Waals surface area contributed by atoms with Crippen molar-refractivity contribution in [3.8, 4) is 0 Å². The molecule has 4 aromatic rings. The number of carboxylic acid groups (broad SMARTS) is 2. The number of aryl methyl sites for hydroxylation is 1. The first kappa shape index (κ1) is 22.9. The highest BCUT2D eigenvalue weighted by Crippen LogP contribution is 2.33. The lowest BCUT2D eigenvalue weighted by Gasteiger charge is -2.15. The fourth-order valence-electron chi connectivity index (χ4n) is 3.72. The minimum Gasteiger partial charge on any atom is -0.479 e. The number of aliphatic carboxylic acids is 1. The number of aromatic nitrogens is 3. The molecule has 0 radical (unpaired) electrons. The van der Waals surface area contributed by atoms with Crippen molar-refractivity contribution in [1.29, 1.82) is 0 Å². The van der Waals surface area contributed by atoms with Crippen LogP contribution < -0.4 is 10.9 Å². The molecule has 0 spiro atoms. The van der Waals surface area contributed by atoms with Gasteiger partial charge in [-0.3, -0.25) is 9.59 Å². The molecule has 0 saturated carbocycles. The highest BCUT2D eigenvalue weighted by atomic mass is 32.1. The van der Waals surface area contributed by atoms with Gasteiger partial charge in [0, 0.05) is 17.0 Å². The van der Waals surface area contributed by atoms with Gasteiger partial charge in [-0.05, 0) is 42.3 Å². The Balaban J connectivity index is 1.58. The Hall–Kier alpha value is -4.25. The summed E-state index contributed by atoms with van der Waals surface area (Å²) in [5, 5.41) is 21.7. The first-order valence-corrected chi connectivity index (χ1v) is 11.0. The SMILES string of the molecule is Cc1nc2[nH]cc(C(C)c3ccc(C(=O)NC(C(=O)O)c4cccc(C(=O)O)c4)s3)c2c(=O)[nH]1. The fourth-order valence-corrected chi connectivity index (χ4v) is 4.70. The van der Waals surface area contributed by atoms with Gasteiger partial charge in [0.1, 0.15) is 11.5 Å². The number of thiophene rings is 1. The second kappa shape index (κ2) is 8.94. The zero-order valence-electron chi connectivity index (χ0n) is 18.1. The lowest BCUT2D eigenvalue weighted by molar-refractivity contribution is -0.139. The average molecular weight is 481 g/mol. The summed E-state index contributed by atoms with van der Waals surface area (Å²) in [4.78, 5) is 59.4. The molecule has 11 heteroatoms. The zero-order chi connectivity index (χ0) is 24.6. The van der Waals surface area contributed by atoms with Gasteiger partial charge in [-0.25, -0.2) is 14.6 Å². The second-order valence-electron chi connectivity index (χ2n) is 7.72. The average Bonchev–Trinajstić information content (AvgIpc) is 3.44. The number of rotatable bonds is 7. The normalized spacial score (nSPS) is 12.9. The van der Waals surface area contributed by atoms with E-state index < -0.39 is 23.9 Å². The van der Waals surface area contributed by atoms with Crippen LogP contribution in [0.15, 0.2) is 47.4 Å². The number of aromatic carboxylic acids is 1. The van der Waals surface area contributed by atoms with Gasteiger partial charge in [-0.2, -0.15) is 0 Å². The molecule has 3 heterocycles. The number of carbonyl (C=O) groups is 3. The van der Waals surface area contributed by atoms with Crippen LogP contribution in [0.5, 0.6) is 0 Å². The molecule has 0 aliphatic carbocycles. The zero-order valence-corrected chi connectivity index (χ0v) is 18.9. The van der Waals surface area contributed by atoms with Crippen LogP contribution in [0, 0.1) is 6.92 Å². The van der Waals surface area contributed by atoms with E-state index >= 15 is 0 Å². The van der Waals surface area contributed by atoms with E-state index in [0.29, 0.717) is 16.9 Å². The molecule has 5 N–H and O–H groups in total. The lowest BCUT2D eigenvalue weighted by atomic mass is 10.0. The van der Waals surface area contributed by atoms with Crippen LogP contribution in [-0.2, 0) is 4.79 Å². The molecule has 174 valence electrons. The molecule has 1 amide bonds. The number of amides is 1. The van der Waals surface area contributed by atoms with Crippen LogP contribution in [0.2, 0.25) is 0 Å². The molecule has 3 aromatic heterocycles. The van der Waals surface area contributed by atoms with E-state index in [4.69, 9.17) is 5.11 Å². The van der Waals surface area contributed by atoms with Crippen molar-refractivity contribution < 1.29 is 24.6 Å². The molecule has 4 rings (SSSR count). The summed E-state index contributed by atoms with van der Waals surface area (Å²) in [6.07, 6.45) is 1.71. The molecule has 2 unspecified atom stereocenters. The van der Waals surface area contributed by atoms with Gasteiger partial charge in [0.15, 0.2) is 6.04 Å². The summed E-state index contributed by atoms with van der Waals surface area (Å²) in [7, 11) is 0. The summed E-state index contributed by atoms with van der Waals surface area (Å²) < 4.78 is 0. The van der Waals surface area contributed by atoms with Crippen molar-refractivity contribution in [2.45, 2.75) is 25.8 Å². The van der Waals surface area contributed by atoms with Crippen molar-refractivity contribution in [3.05, 3.63) is 85.2 Å². The third-order valence-electron chi connectivity index (χ3n) is 5.42. The maximum atomic E-state index is 12.8. The third-order valence-corrected chi connectivity index (χ3v) is 6.69. The molecule has 0 aliphatic heterocycles. The molecule has 0 fully saturated rings. The number of nitrogens with one attached hydrogen (secondary N) is 3. The summed E-state index contributed by atoms with van der Waals surface area (Å²) in [5.74, 6) is -2.85. The van der Waals surface area contributed by atoms with Crippen molar-refractivity contribution in [3.63, 3.8) is 0 Å². The van der Waals surface area contributed by atoms with Crippen molar-refractivity contribution in [2.24, 2.45) is 0 Å². The number of hydrogen-bond acceptors (Lipinski definition) is 6. The minimum atomic E-state index is -1.42. The number of fused-ring (bicyclic) bond motifs is 1. The van der Waals surface area contributed by atoms with Crippen LogP contribution in [0.25, 0.3) is 11.0 Å². The number of hydrogen-bond donors (Lipinski definition) is 5. The molecule has 1 aromatic carbocycles. The molecular weight excluding hydrogens is 460 g/mol. The smallest absolute Gasteiger partial charge is 0.335 e. The number of aromatic amines is 2. The van der Waals surface area contributed by atoms with Crippen molar-refractivity contribution in [2.75, 3.05) is 0 Å². The van der Waals surface area contributed by atoms with Crippen molar-refractivity contribution >= 4 is 40.2 Å². The van der Waals surface area contributed by atoms with Gasteiger partial charge in [-0.15, -0.1) is 11.3 Å². The second-order valence-corrected chi connectivity index (χ2v) is 8.83. The fraction of sp³-hybridized carbons (Fsp3) is 0.174. The molecule has 2 atom stereocenters. The van der Waals surface area contributed by atoms with Crippen LogP contribution in [-0.4, -0.2) is 43.0 Å². The number of nitrogens with zero attached hydrogens (tertiary/aromatic N) is 1. The third kappa shape index (κ3) is 4.33. The van der Waals surface area contributed by atoms with Gasteiger partial charge in [0.2, 0.25) is 0 Å². The standard InChI is InChI=1S/C23H20N4O6S/c1-10(14-9-24-19-17(14)21(29)26-11(2)25-19)15-6-7-16(34-15)20(28)27-18(23(32)33)12-4-3-5-13(8-12)22(30)31/h3-10,18H,1-2H3,(H,27,28)(H,30,31)(H,32,33)(H2,24,25,26,29). The monoisotopic (exact) mass is 480 g/mol. The highest BCUT2D eigenvalue weighted by Gasteiger charge is 2.25. The van der Waals surface area contributed by atoms with Crippen molar-refractivity contribution in [1.82, 2.24) is 20.3 Å². The summed E-state index contributed by atoms with van der Waals surface area (Å²) in [6.45, 7) is 3.59. The Morgan fingerprint density at radius 3 is 2.62 bits per heavy atom. The van der Waals surface area contributed by atoms with E-state index in [9.17, 15) is 24.3 Å². The largest absolute Gasteiger partial charge is 0.479 e. The number of H-pyrrole nitrogens is 2. The maximum absolute atomic E-state index is 12.8.